The molecular formula is C13H13N5O3. The van der Waals surface area contributed by atoms with Crippen molar-refractivity contribution in [1.82, 2.24) is 10.3 Å². The Balaban J connectivity index is 2.19. The van der Waals surface area contributed by atoms with Gasteiger partial charge in [-0.3, -0.25) is 25.7 Å². The Hall–Kier alpha value is -3.00. The Kier molecular flexibility index (Phi) is 4.42. The van der Waals surface area contributed by atoms with Gasteiger partial charge < -0.3 is 10.7 Å². The molecule has 108 valence electrons. The molecule has 0 saturated heterocycles. The van der Waals surface area contributed by atoms with Gasteiger partial charge in [0.25, 0.3) is 11.6 Å². The number of nitrogens with zero attached hydrogens (tertiary/aromatic N) is 2. The number of nitro groups is 1. The molecule has 0 unspecified atom stereocenters. The Morgan fingerprint density at radius 3 is 2.81 bits per heavy atom. The molecule has 0 fully saturated rings. The normalized spacial score (nSPS) is 9.95. The molecule has 8 nitrogen and oxygen atoms in total. The summed E-state index contributed by atoms with van der Waals surface area (Å²) in [6, 6.07) is 7.52. The summed E-state index contributed by atoms with van der Waals surface area (Å²) < 4.78 is 0. The highest BCUT2D eigenvalue weighted by molar-refractivity contribution is 5.99. The number of nitrogens with two attached hydrogens (primary N) is 1. The van der Waals surface area contributed by atoms with Crippen LogP contribution in [0.25, 0.3) is 0 Å². The summed E-state index contributed by atoms with van der Waals surface area (Å²) in [6.07, 6.45) is 3.22. The van der Waals surface area contributed by atoms with Gasteiger partial charge in [-0.15, -0.1) is 0 Å². The van der Waals surface area contributed by atoms with Crippen molar-refractivity contribution in [2.75, 3.05) is 5.43 Å². The number of hydrogen-bond acceptors (Lipinski definition) is 6. The number of hydrogen-bond donors (Lipinski definition) is 3. The van der Waals surface area contributed by atoms with Gasteiger partial charge in [-0.1, -0.05) is 6.07 Å². The van der Waals surface area contributed by atoms with Crippen LogP contribution in [0.4, 0.5) is 11.4 Å². The molecule has 0 atom stereocenters. The average molecular weight is 287 g/mol. The second-order valence-electron chi connectivity index (χ2n) is 4.18. The Morgan fingerprint density at radius 2 is 2.19 bits per heavy atom. The van der Waals surface area contributed by atoms with E-state index in [0.29, 0.717) is 5.69 Å². The van der Waals surface area contributed by atoms with Crippen molar-refractivity contribution in [2.24, 2.45) is 5.84 Å². The summed E-state index contributed by atoms with van der Waals surface area (Å²) in [7, 11) is 0. The number of rotatable bonds is 5. The minimum Gasteiger partial charge on any atom is -0.348 e. The standard InChI is InChI=1S/C13H13N5O3/c14-17-10-3-4-12(18(20)21)11(6-10)13(19)16-8-9-2-1-5-15-7-9/h1-7,17H,8,14H2,(H,16,19). The average Bonchev–Trinajstić information content (AvgIpc) is 2.52. The number of amides is 1. The van der Waals surface area contributed by atoms with Crippen LogP contribution in [0.3, 0.4) is 0 Å². The van der Waals surface area contributed by atoms with Crippen molar-refractivity contribution < 1.29 is 9.72 Å². The zero-order valence-corrected chi connectivity index (χ0v) is 10.9. The lowest BCUT2D eigenvalue weighted by Crippen LogP contribution is -2.24. The number of nitrogen functional groups attached to an aromatic ring is 1. The third kappa shape index (κ3) is 3.51. The molecule has 0 aliphatic carbocycles. The summed E-state index contributed by atoms with van der Waals surface area (Å²) >= 11 is 0. The highest BCUT2D eigenvalue weighted by Gasteiger charge is 2.20. The lowest BCUT2D eigenvalue weighted by molar-refractivity contribution is -0.385. The number of nitrogens with one attached hydrogen (secondary N) is 2. The molecule has 0 aliphatic rings. The van der Waals surface area contributed by atoms with Crippen molar-refractivity contribution in [3.63, 3.8) is 0 Å². The molecule has 0 aliphatic heterocycles. The van der Waals surface area contributed by atoms with E-state index in [-0.39, 0.29) is 17.8 Å². The lowest BCUT2D eigenvalue weighted by atomic mass is 10.1. The molecule has 0 bridgehead atoms. The number of carbonyl (C=O) groups excluding carboxylic acids is 1. The number of hydrazine groups is 1. The predicted octanol–water partition coefficient (Wildman–Crippen LogP) is 1.21. The smallest absolute Gasteiger partial charge is 0.282 e. The topological polar surface area (TPSA) is 123 Å². The van der Waals surface area contributed by atoms with Gasteiger partial charge in [0.15, 0.2) is 0 Å². The fourth-order valence-corrected chi connectivity index (χ4v) is 1.75. The molecule has 4 N–H and O–H groups in total. The van der Waals surface area contributed by atoms with Gasteiger partial charge in [-0.2, -0.15) is 0 Å². The molecule has 0 saturated carbocycles. The van der Waals surface area contributed by atoms with Crippen molar-refractivity contribution in [2.45, 2.75) is 6.54 Å². The Morgan fingerprint density at radius 1 is 1.38 bits per heavy atom. The van der Waals surface area contributed by atoms with Crippen LogP contribution in [0.2, 0.25) is 0 Å². The second kappa shape index (κ2) is 6.44. The van der Waals surface area contributed by atoms with Gasteiger partial charge in [-0.25, -0.2) is 0 Å². The highest BCUT2D eigenvalue weighted by atomic mass is 16.6. The second-order valence-corrected chi connectivity index (χ2v) is 4.18. The van der Waals surface area contributed by atoms with Crippen LogP contribution in [-0.2, 0) is 6.54 Å². The molecule has 21 heavy (non-hydrogen) atoms. The van der Waals surface area contributed by atoms with Crippen LogP contribution in [0, 0.1) is 10.1 Å². The Bertz CT molecular complexity index is 660. The highest BCUT2D eigenvalue weighted by Crippen LogP contribution is 2.22. The molecule has 2 aromatic rings. The molecule has 1 amide bonds. The van der Waals surface area contributed by atoms with Crippen molar-refractivity contribution in [1.29, 1.82) is 0 Å². The third-order valence-corrected chi connectivity index (χ3v) is 2.78. The third-order valence-electron chi connectivity index (χ3n) is 2.78. The first kappa shape index (κ1) is 14.4. The number of nitro benzene ring substituents is 1. The first-order valence-electron chi connectivity index (χ1n) is 6.04. The molecule has 1 heterocycles. The maximum atomic E-state index is 12.1. The number of benzene rings is 1. The molecule has 0 spiro atoms. The van der Waals surface area contributed by atoms with Gasteiger partial charge in [-0.05, 0) is 23.8 Å². The SMILES string of the molecule is NNc1ccc([N+](=O)[O-])c(C(=O)NCc2cccnc2)c1. The van der Waals surface area contributed by atoms with E-state index in [9.17, 15) is 14.9 Å². The van der Waals surface area contributed by atoms with Crippen molar-refractivity contribution in [3.8, 4) is 0 Å². The first-order chi connectivity index (χ1) is 10.1. The fourth-order valence-electron chi connectivity index (χ4n) is 1.75. The van der Waals surface area contributed by atoms with E-state index in [2.05, 4.69) is 15.7 Å². The van der Waals surface area contributed by atoms with Crippen LogP contribution in [-0.4, -0.2) is 15.8 Å². The van der Waals surface area contributed by atoms with Crippen molar-refractivity contribution in [3.05, 3.63) is 64.0 Å². The molecule has 1 aromatic carbocycles. The van der Waals surface area contributed by atoms with Crippen LogP contribution in [0.1, 0.15) is 15.9 Å². The van der Waals surface area contributed by atoms with Gasteiger partial charge in [0, 0.05) is 30.7 Å². The maximum absolute atomic E-state index is 12.1. The van der Waals surface area contributed by atoms with Crippen LogP contribution >= 0.6 is 0 Å². The van der Waals surface area contributed by atoms with Crippen LogP contribution < -0.4 is 16.6 Å². The number of pyridine rings is 1. The zero-order chi connectivity index (χ0) is 15.2. The molecule has 1 aromatic heterocycles. The number of carbonyl (C=O) groups is 1. The van der Waals surface area contributed by atoms with Gasteiger partial charge in [0.2, 0.25) is 0 Å². The number of aromatic nitrogens is 1. The monoisotopic (exact) mass is 287 g/mol. The molecular weight excluding hydrogens is 274 g/mol. The summed E-state index contributed by atoms with van der Waals surface area (Å²) in [6.45, 7) is 0.226. The summed E-state index contributed by atoms with van der Waals surface area (Å²) in [5, 5.41) is 13.6. The lowest BCUT2D eigenvalue weighted by Gasteiger charge is -2.07. The largest absolute Gasteiger partial charge is 0.348 e. The fraction of sp³-hybridized carbons (Fsp3) is 0.0769. The molecule has 0 radical (unpaired) electrons. The minimum atomic E-state index is -0.612. The van der Waals surface area contributed by atoms with Crippen LogP contribution in [0.15, 0.2) is 42.7 Å². The quantitative estimate of drug-likeness (QED) is 0.431. The van der Waals surface area contributed by atoms with Gasteiger partial charge in [0.05, 0.1) is 4.92 Å². The minimum absolute atomic E-state index is 0.0562. The van der Waals surface area contributed by atoms with E-state index in [1.807, 2.05) is 0 Å². The van der Waals surface area contributed by atoms with Gasteiger partial charge >= 0.3 is 0 Å². The maximum Gasteiger partial charge on any atom is 0.282 e. The van der Waals surface area contributed by atoms with Gasteiger partial charge in [0.1, 0.15) is 5.56 Å². The van der Waals surface area contributed by atoms with E-state index >= 15 is 0 Å². The Labute approximate surface area is 120 Å². The van der Waals surface area contributed by atoms with E-state index < -0.39 is 10.8 Å². The van der Waals surface area contributed by atoms with E-state index in [0.717, 1.165) is 5.56 Å². The summed E-state index contributed by atoms with van der Waals surface area (Å²) in [5.41, 5.74) is 3.22. The molecule has 2 rings (SSSR count). The first-order valence-corrected chi connectivity index (χ1v) is 6.04. The molecule has 8 heteroatoms. The predicted molar refractivity (Wildman–Crippen MR) is 76.3 cm³/mol. The van der Waals surface area contributed by atoms with Crippen LogP contribution in [0.5, 0.6) is 0 Å². The number of anilines is 1. The zero-order valence-electron chi connectivity index (χ0n) is 10.9. The van der Waals surface area contributed by atoms with E-state index in [1.54, 1.807) is 24.5 Å². The summed E-state index contributed by atoms with van der Waals surface area (Å²) in [4.78, 5) is 26.4. The van der Waals surface area contributed by atoms with E-state index in [4.69, 9.17) is 5.84 Å². The summed E-state index contributed by atoms with van der Waals surface area (Å²) in [5.74, 6) is 4.70. The van der Waals surface area contributed by atoms with E-state index in [1.165, 1.54) is 18.2 Å². The van der Waals surface area contributed by atoms with Crippen molar-refractivity contribution >= 4 is 17.3 Å².